The van der Waals surface area contributed by atoms with Gasteiger partial charge < -0.3 is 14.5 Å². The van der Waals surface area contributed by atoms with Crippen LogP contribution >= 0.6 is 0 Å². The highest BCUT2D eigenvalue weighted by atomic mass is 19.1. The van der Waals surface area contributed by atoms with Gasteiger partial charge in [-0.25, -0.2) is 4.79 Å². The summed E-state index contributed by atoms with van der Waals surface area (Å²) in [4.78, 5) is 25.5. The average Bonchev–Trinajstić information content (AvgIpc) is 2.15. The Balaban J connectivity index is 3.33. The third kappa shape index (κ3) is 1.88. The fourth-order valence-corrected chi connectivity index (χ4v) is 0.983. The molecule has 0 unspecified atom stereocenters. The van der Waals surface area contributed by atoms with E-state index >= 15 is 0 Å². The number of H-pyrrole nitrogens is 2. The lowest BCUT2D eigenvalue weighted by Crippen LogP contribution is -2.29. The number of rotatable bonds is 3. The molecule has 1 heterocycles. The SMILES string of the molecule is COC(OC)c1[nH]c(=O)[nH]c(=O)c1F. The molecular formula is C7H9FN2O4. The molecule has 0 atom stereocenters. The van der Waals surface area contributed by atoms with E-state index in [1.807, 2.05) is 0 Å². The zero-order chi connectivity index (χ0) is 10.7. The van der Waals surface area contributed by atoms with Gasteiger partial charge in [0, 0.05) is 14.2 Å². The Bertz CT molecular complexity index is 420. The Labute approximate surface area is 77.7 Å². The Morgan fingerprint density at radius 2 is 1.79 bits per heavy atom. The highest BCUT2D eigenvalue weighted by molar-refractivity contribution is 5.03. The number of aromatic nitrogens is 2. The van der Waals surface area contributed by atoms with Crippen molar-refractivity contribution < 1.29 is 13.9 Å². The van der Waals surface area contributed by atoms with Crippen LogP contribution in [0.1, 0.15) is 12.0 Å². The predicted octanol–water partition coefficient (Wildman–Crippen LogP) is -0.506. The number of hydrogen-bond acceptors (Lipinski definition) is 4. The van der Waals surface area contributed by atoms with Gasteiger partial charge in [0.1, 0.15) is 5.69 Å². The van der Waals surface area contributed by atoms with Crippen LogP contribution in [0.4, 0.5) is 4.39 Å². The van der Waals surface area contributed by atoms with Crippen LogP contribution in [-0.4, -0.2) is 24.2 Å². The summed E-state index contributed by atoms with van der Waals surface area (Å²) in [5.41, 5.74) is -2.25. The van der Waals surface area contributed by atoms with Crippen LogP contribution in [0.15, 0.2) is 9.59 Å². The Morgan fingerprint density at radius 1 is 1.21 bits per heavy atom. The second-order valence-corrected chi connectivity index (χ2v) is 2.44. The molecule has 1 rings (SSSR count). The van der Waals surface area contributed by atoms with Gasteiger partial charge in [-0.2, -0.15) is 4.39 Å². The number of hydrogen-bond donors (Lipinski definition) is 2. The van der Waals surface area contributed by atoms with Crippen molar-refractivity contribution in [1.82, 2.24) is 9.97 Å². The summed E-state index contributed by atoms with van der Waals surface area (Å²) in [5.74, 6) is -1.13. The standard InChI is InChI=1S/C7H9FN2O4/c1-13-6(14-2)4-3(8)5(11)10-7(12)9-4/h6H,1-2H3,(H2,9,10,11,12). The van der Waals surface area contributed by atoms with E-state index in [2.05, 4.69) is 4.98 Å². The largest absolute Gasteiger partial charge is 0.350 e. The minimum Gasteiger partial charge on any atom is -0.350 e. The molecule has 0 aliphatic heterocycles. The van der Waals surface area contributed by atoms with E-state index in [1.54, 1.807) is 4.98 Å². The van der Waals surface area contributed by atoms with Crippen LogP contribution in [0.25, 0.3) is 0 Å². The van der Waals surface area contributed by atoms with Gasteiger partial charge in [-0.05, 0) is 0 Å². The second-order valence-electron chi connectivity index (χ2n) is 2.44. The van der Waals surface area contributed by atoms with Crippen molar-refractivity contribution in [2.45, 2.75) is 6.29 Å². The molecule has 0 amide bonds. The molecule has 0 fully saturated rings. The van der Waals surface area contributed by atoms with E-state index in [0.717, 1.165) is 0 Å². The van der Waals surface area contributed by atoms with Crippen LogP contribution < -0.4 is 11.2 Å². The van der Waals surface area contributed by atoms with Crippen molar-refractivity contribution in [3.63, 3.8) is 0 Å². The number of halogens is 1. The molecule has 0 saturated carbocycles. The van der Waals surface area contributed by atoms with Crippen molar-refractivity contribution in [3.8, 4) is 0 Å². The molecule has 0 aliphatic rings. The number of ether oxygens (including phenoxy) is 2. The quantitative estimate of drug-likeness (QED) is 0.649. The zero-order valence-corrected chi connectivity index (χ0v) is 7.59. The molecule has 6 nitrogen and oxygen atoms in total. The lowest BCUT2D eigenvalue weighted by molar-refractivity contribution is -0.111. The maximum Gasteiger partial charge on any atom is 0.326 e. The highest BCUT2D eigenvalue weighted by Crippen LogP contribution is 2.13. The van der Waals surface area contributed by atoms with E-state index in [1.165, 1.54) is 14.2 Å². The first kappa shape index (κ1) is 10.6. The summed E-state index contributed by atoms with van der Waals surface area (Å²) in [6, 6.07) is 0. The van der Waals surface area contributed by atoms with E-state index < -0.39 is 23.4 Å². The summed E-state index contributed by atoms with van der Waals surface area (Å²) in [6.45, 7) is 0. The van der Waals surface area contributed by atoms with Gasteiger partial charge in [-0.3, -0.25) is 9.78 Å². The first-order valence-corrected chi connectivity index (χ1v) is 3.67. The van der Waals surface area contributed by atoms with Gasteiger partial charge in [0.25, 0.3) is 5.56 Å². The van der Waals surface area contributed by atoms with Crippen molar-refractivity contribution >= 4 is 0 Å². The first-order chi connectivity index (χ1) is 6.60. The zero-order valence-electron chi connectivity index (χ0n) is 7.59. The van der Waals surface area contributed by atoms with Gasteiger partial charge in [-0.15, -0.1) is 0 Å². The van der Waals surface area contributed by atoms with Crippen LogP contribution in [0.3, 0.4) is 0 Å². The minimum atomic E-state index is -1.13. The molecule has 0 aliphatic carbocycles. The fraction of sp³-hybridized carbons (Fsp3) is 0.429. The van der Waals surface area contributed by atoms with Gasteiger partial charge in [0.2, 0.25) is 12.1 Å². The lowest BCUT2D eigenvalue weighted by atomic mass is 10.4. The predicted molar refractivity (Wildman–Crippen MR) is 44.4 cm³/mol. The molecule has 14 heavy (non-hydrogen) atoms. The molecule has 0 aromatic carbocycles. The molecule has 0 saturated heterocycles. The van der Waals surface area contributed by atoms with E-state index in [4.69, 9.17) is 9.47 Å². The van der Waals surface area contributed by atoms with Gasteiger partial charge in [0.05, 0.1) is 0 Å². The smallest absolute Gasteiger partial charge is 0.326 e. The Hall–Kier alpha value is -1.47. The molecule has 0 spiro atoms. The summed E-state index contributed by atoms with van der Waals surface area (Å²) in [5, 5.41) is 0. The van der Waals surface area contributed by atoms with E-state index in [-0.39, 0.29) is 5.69 Å². The van der Waals surface area contributed by atoms with Crippen LogP contribution in [0, 0.1) is 5.82 Å². The third-order valence-corrected chi connectivity index (χ3v) is 1.57. The van der Waals surface area contributed by atoms with Crippen molar-refractivity contribution in [2.24, 2.45) is 0 Å². The van der Waals surface area contributed by atoms with Crippen LogP contribution in [-0.2, 0) is 9.47 Å². The average molecular weight is 204 g/mol. The van der Waals surface area contributed by atoms with E-state index in [0.29, 0.717) is 0 Å². The number of nitrogens with one attached hydrogen (secondary N) is 2. The van der Waals surface area contributed by atoms with Crippen molar-refractivity contribution in [2.75, 3.05) is 14.2 Å². The van der Waals surface area contributed by atoms with Gasteiger partial charge >= 0.3 is 5.69 Å². The first-order valence-electron chi connectivity index (χ1n) is 3.67. The summed E-state index contributed by atoms with van der Waals surface area (Å²) in [7, 11) is 2.51. The van der Waals surface area contributed by atoms with Crippen molar-refractivity contribution in [1.29, 1.82) is 0 Å². The maximum atomic E-state index is 13.1. The summed E-state index contributed by atoms with van der Waals surface area (Å²) in [6.07, 6.45) is -1.11. The summed E-state index contributed by atoms with van der Waals surface area (Å²) < 4.78 is 22.5. The molecule has 7 heteroatoms. The minimum absolute atomic E-state index is 0.330. The van der Waals surface area contributed by atoms with Gasteiger partial charge in [-0.1, -0.05) is 0 Å². The molecular weight excluding hydrogens is 195 g/mol. The molecule has 0 bridgehead atoms. The van der Waals surface area contributed by atoms with E-state index in [9.17, 15) is 14.0 Å². The van der Waals surface area contributed by atoms with Crippen molar-refractivity contribution in [3.05, 3.63) is 32.3 Å². The summed E-state index contributed by atoms with van der Waals surface area (Å²) >= 11 is 0. The van der Waals surface area contributed by atoms with Gasteiger partial charge in [0.15, 0.2) is 0 Å². The second kappa shape index (κ2) is 4.16. The molecule has 2 N–H and O–H groups in total. The molecule has 0 radical (unpaired) electrons. The normalized spacial score (nSPS) is 10.9. The van der Waals surface area contributed by atoms with Crippen LogP contribution in [0.2, 0.25) is 0 Å². The number of aromatic amines is 2. The monoisotopic (exact) mass is 204 g/mol. The lowest BCUT2D eigenvalue weighted by Gasteiger charge is -2.12. The third-order valence-electron chi connectivity index (χ3n) is 1.57. The number of methoxy groups -OCH3 is 2. The molecule has 1 aromatic rings. The topological polar surface area (TPSA) is 84.2 Å². The Kier molecular flexibility index (Phi) is 3.15. The Morgan fingerprint density at radius 3 is 2.29 bits per heavy atom. The fourth-order valence-electron chi connectivity index (χ4n) is 0.983. The maximum absolute atomic E-state index is 13.1. The molecule has 1 aromatic heterocycles. The highest BCUT2D eigenvalue weighted by Gasteiger charge is 2.18. The van der Waals surface area contributed by atoms with Crippen LogP contribution in [0.5, 0.6) is 0 Å². The molecule has 78 valence electrons.